The summed E-state index contributed by atoms with van der Waals surface area (Å²) in [6.45, 7) is 5.80. The molecule has 3 fully saturated rings. The Morgan fingerprint density at radius 3 is 2.72 bits per heavy atom. The number of hydrogen-bond donors (Lipinski definition) is 1. The highest BCUT2D eigenvalue weighted by Crippen LogP contribution is 2.26. The van der Waals surface area contributed by atoms with E-state index in [1.807, 2.05) is 0 Å². The van der Waals surface area contributed by atoms with E-state index in [0.717, 1.165) is 57.8 Å². The van der Waals surface area contributed by atoms with Crippen LogP contribution in [0.15, 0.2) is 4.52 Å². The Kier molecular flexibility index (Phi) is 3.58. The lowest BCUT2D eigenvalue weighted by Crippen LogP contribution is -2.57. The van der Waals surface area contributed by atoms with Crippen molar-refractivity contribution in [3.05, 3.63) is 11.7 Å². The topological polar surface area (TPSA) is 65.6 Å². The van der Waals surface area contributed by atoms with E-state index in [4.69, 9.17) is 9.63 Å². The first-order valence-electron chi connectivity index (χ1n) is 6.76. The molecular formula is C12H20N4O2. The predicted octanol–water partition coefficient (Wildman–Crippen LogP) is 0.0569. The minimum atomic E-state index is 0.229. The van der Waals surface area contributed by atoms with E-state index in [-0.39, 0.29) is 6.61 Å². The molecule has 2 bridgehead atoms. The van der Waals surface area contributed by atoms with Gasteiger partial charge in [-0.2, -0.15) is 4.98 Å². The Balaban J connectivity index is 1.62. The molecule has 0 aromatic carbocycles. The highest BCUT2D eigenvalue weighted by atomic mass is 16.5. The van der Waals surface area contributed by atoms with Gasteiger partial charge in [-0.1, -0.05) is 5.16 Å². The van der Waals surface area contributed by atoms with Crippen LogP contribution in [0.3, 0.4) is 0 Å². The zero-order valence-corrected chi connectivity index (χ0v) is 10.6. The zero-order chi connectivity index (χ0) is 12.4. The van der Waals surface area contributed by atoms with E-state index in [1.165, 1.54) is 0 Å². The van der Waals surface area contributed by atoms with Crippen LogP contribution in [0.4, 0.5) is 0 Å². The van der Waals surface area contributed by atoms with Crippen molar-refractivity contribution in [1.82, 2.24) is 19.9 Å². The number of rotatable bonds is 5. The van der Waals surface area contributed by atoms with Crippen molar-refractivity contribution in [1.29, 1.82) is 0 Å². The Labute approximate surface area is 107 Å². The molecule has 3 aliphatic heterocycles. The summed E-state index contributed by atoms with van der Waals surface area (Å²) in [6, 6.07) is 0.308. The molecule has 0 saturated carbocycles. The summed E-state index contributed by atoms with van der Waals surface area (Å²) >= 11 is 0. The molecule has 3 saturated heterocycles. The fourth-order valence-electron chi connectivity index (χ4n) is 2.76. The molecule has 100 valence electrons. The van der Waals surface area contributed by atoms with Crippen LogP contribution in [-0.2, 0) is 6.42 Å². The number of nitrogens with zero attached hydrogens (tertiary/aromatic N) is 4. The molecular weight excluding hydrogens is 232 g/mol. The second-order valence-corrected chi connectivity index (χ2v) is 5.08. The van der Waals surface area contributed by atoms with Crippen molar-refractivity contribution in [2.75, 3.05) is 39.3 Å². The summed E-state index contributed by atoms with van der Waals surface area (Å²) in [7, 11) is 0. The predicted molar refractivity (Wildman–Crippen MR) is 65.1 cm³/mol. The molecule has 6 nitrogen and oxygen atoms in total. The van der Waals surface area contributed by atoms with E-state index in [2.05, 4.69) is 19.9 Å². The number of aliphatic hydroxyl groups excluding tert-OH is 1. The maximum Gasteiger partial charge on any atom is 0.226 e. The van der Waals surface area contributed by atoms with Gasteiger partial charge in [0.1, 0.15) is 0 Å². The van der Waals surface area contributed by atoms with E-state index in [0.29, 0.717) is 11.9 Å². The normalized spacial score (nSPS) is 30.8. The fraction of sp³-hybridized carbons (Fsp3) is 0.833. The summed E-state index contributed by atoms with van der Waals surface area (Å²) < 4.78 is 5.28. The molecule has 1 unspecified atom stereocenters. The third-order valence-electron chi connectivity index (χ3n) is 3.86. The van der Waals surface area contributed by atoms with Crippen LogP contribution in [0.2, 0.25) is 0 Å². The van der Waals surface area contributed by atoms with Crippen LogP contribution in [0.1, 0.15) is 30.6 Å². The van der Waals surface area contributed by atoms with Crippen molar-refractivity contribution >= 4 is 0 Å². The number of aromatic nitrogens is 2. The zero-order valence-electron chi connectivity index (χ0n) is 10.6. The van der Waals surface area contributed by atoms with Crippen molar-refractivity contribution in [3.8, 4) is 0 Å². The Hall–Kier alpha value is -0.980. The molecule has 0 spiro atoms. The summed E-state index contributed by atoms with van der Waals surface area (Å²) in [4.78, 5) is 9.41. The van der Waals surface area contributed by atoms with Crippen LogP contribution in [0.5, 0.6) is 0 Å². The minimum absolute atomic E-state index is 0.229. The Morgan fingerprint density at radius 2 is 2.06 bits per heavy atom. The maximum absolute atomic E-state index is 8.75. The largest absolute Gasteiger partial charge is 0.396 e. The first kappa shape index (κ1) is 12.1. The molecule has 1 N–H and O–H groups in total. The van der Waals surface area contributed by atoms with Gasteiger partial charge in [0.2, 0.25) is 5.89 Å². The van der Waals surface area contributed by atoms with Gasteiger partial charge < -0.3 is 9.63 Å². The van der Waals surface area contributed by atoms with Crippen molar-refractivity contribution in [3.63, 3.8) is 0 Å². The second kappa shape index (κ2) is 5.34. The molecule has 0 aliphatic carbocycles. The molecule has 1 atom stereocenters. The van der Waals surface area contributed by atoms with E-state index < -0.39 is 0 Å². The van der Waals surface area contributed by atoms with Crippen LogP contribution >= 0.6 is 0 Å². The van der Waals surface area contributed by atoms with Crippen molar-refractivity contribution in [2.24, 2.45) is 0 Å². The van der Waals surface area contributed by atoms with Crippen LogP contribution in [-0.4, -0.2) is 64.4 Å². The van der Waals surface area contributed by atoms with Gasteiger partial charge in [-0.15, -0.1) is 0 Å². The van der Waals surface area contributed by atoms with E-state index in [9.17, 15) is 0 Å². The van der Waals surface area contributed by atoms with Gasteiger partial charge in [-0.05, 0) is 12.8 Å². The SMILES string of the molecule is OCCCCc1nc(C2CN3CCN2CC3)no1. The van der Waals surface area contributed by atoms with Crippen LogP contribution < -0.4 is 0 Å². The van der Waals surface area contributed by atoms with Gasteiger partial charge in [0.05, 0.1) is 6.04 Å². The first-order chi connectivity index (χ1) is 8.86. The van der Waals surface area contributed by atoms with Gasteiger partial charge in [0.25, 0.3) is 0 Å². The molecule has 1 aromatic rings. The average molecular weight is 252 g/mol. The first-order valence-corrected chi connectivity index (χ1v) is 6.76. The average Bonchev–Trinajstić information content (AvgIpc) is 2.89. The van der Waals surface area contributed by atoms with Crippen molar-refractivity contribution in [2.45, 2.75) is 25.3 Å². The molecule has 4 rings (SSSR count). The lowest BCUT2D eigenvalue weighted by atomic mass is 10.1. The molecule has 0 amide bonds. The Morgan fingerprint density at radius 1 is 1.22 bits per heavy atom. The lowest BCUT2D eigenvalue weighted by molar-refractivity contribution is 0.00781. The number of piperazine rings is 3. The van der Waals surface area contributed by atoms with Crippen LogP contribution in [0, 0.1) is 0 Å². The van der Waals surface area contributed by atoms with E-state index in [1.54, 1.807) is 0 Å². The maximum atomic E-state index is 8.75. The van der Waals surface area contributed by atoms with Gasteiger partial charge in [0.15, 0.2) is 5.82 Å². The summed E-state index contributed by atoms with van der Waals surface area (Å²) in [5.74, 6) is 1.54. The monoisotopic (exact) mass is 252 g/mol. The van der Waals surface area contributed by atoms with Gasteiger partial charge in [0, 0.05) is 45.8 Å². The van der Waals surface area contributed by atoms with E-state index >= 15 is 0 Å². The molecule has 18 heavy (non-hydrogen) atoms. The molecule has 0 radical (unpaired) electrons. The van der Waals surface area contributed by atoms with Gasteiger partial charge in [-0.3, -0.25) is 9.80 Å². The van der Waals surface area contributed by atoms with Crippen LogP contribution in [0.25, 0.3) is 0 Å². The Bertz CT molecular complexity index is 387. The summed E-state index contributed by atoms with van der Waals surface area (Å²) in [6.07, 6.45) is 2.46. The standard InChI is InChI=1S/C12H20N4O2/c17-8-2-1-3-11-13-12(14-18-11)10-9-15-4-6-16(10)7-5-15/h10,17H,1-9H2. The number of aliphatic hydroxyl groups is 1. The van der Waals surface area contributed by atoms with Gasteiger partial charge >= 0.3 is 0 Å². The number of hydrogen-bond acceptors (Lipinski definition) is 6. The van der Waals surface area contributed by atoms with Crippen molar-refractivity contribution < 1.29 is 9.63 Å². The second-order valence-electron chi connectivity index (χ2n) is 5.08. The number of fused-ring (bicyclic) bond motifs is 3. The highest BCUT2D eigenvalue weighted by Gasteiger charge is 2.35. The summed E-state index contributed by atoms with van der Waals surface area (Å²) in [5.41, 5.74) is 0. The van der Waals surface area contributed by atoms with Gasteiger partial charge in [-0.25, -0.2) is 0 Å². The highest BCUT2D eigenvalue weighted by molar-refractivity contribution is 5.01. The molecule has 1 aromatic heterocycles. The smallest absolute Gasteiger partial charge is 0.226 e. The minimum Gasteiger partial charge on any atom is -0.396 e. The molecule has 6 heteroatoms. The molecule has 4 heterocycles. The number of aryl methyl sites for hydroxylation is 1. The lowest BCUT2D eigenvalue weighted by Gasteiger charge is -2.46. The summed E-state index contributed by atoms with van der Waals surface area (Å²) in [5, 5.41) is 12.9. The quantitative estimate of drug-likeness (QED) is 0.747. The third kappa shape index (κ3) is 2.41. The third-order valence-corrected chi connectivity index (χ3v) is 3.86. The molecule has 3 aliphatic rings. The fourth-order valence-corrected chi connectivity index (χ4v) is 2.76. The number of unbranched alkanes of at least 4 members (excludes halogenated alkanes) is 1.